The SMILES string of the molecule is COc1ccc(NC(=O)N2CCC(C)(C(=O)O)C2)cc1[N+](=O)[O-]. The average Bonchev–Trinajstić information content (AvgIpc) is 2.91. The number of methoxy groups -OCH3 is 1. The molecule has 2 amide bonds. The Morgan fingerprint density at radius 2 is 2.17 bits per heavy atom. The van der Waals surface area contributed by atoms with Crippen LogP contribution in [0.25, 0.3) is 0 Å². The zero-order valence-electron chi connectivity index (χ0n) is 12.7. The Labute approximate surface area is 132 Å². The molecule has 1 unspecified atom stereocenters. The molecular weight excluding hydrogens is 306 g/mol. The third kappa shape index (κ3) is 3.33. The van der Waals surface area contributed by atoms with E-state index in [2.05, 4.69) is 5.32 Å². The monoisotopic (exact) mass is 323 g/mol. The molecule has 9 heteroatoms. The third-order valence-corrected chi connectivity index (χ3v) is 3.90. The maximum absolute atomic E-state index is 12.2. The summed E-state index contributed by atoms with van der Waals surface area (Å²) < 4.78 is 4.89. The molecule has 2 rings (SSSR count). The number of anilines is 1. The molecule has 1 atom stereocenters. The van der Waals surface area contributed by atoms with Crippen LogP contribution in [0.15, 0.2) is 18.2 Å². The number of carboxylic acids is 1. The molecule has 0 aliphatic carbocycles. The first kappa shape index (κ1) is 16.5. The van der Waals surface area contributed by atoms with Gasteiger partial charge in [0.15, 0.2) is 5.75 Å². The second-order valence-electron chi connectivity index (χ2n) is 5.61. The lowest BCUT2D eigenvalue weighted by atomic mass is 9.90. The topological polar surface area (TPSA) is 122 Å². The van der Waals surface area contributed by atoms with Crippen LogP contribution < -0.4 is 10.1 Å². The number of benzene rings is 1. The highest BCUT2D eigenvalue weighted by Gasteiger charge is 2.42. The number of nitrogens with zero attached hydrogens (tertiary/aromatic N) is 2. The van der Waals surface area contributed by atoms with E-state index in [1.54, 1.807) is 6.92 Å². The van der Waals surface area contributed by atoms with Gasteiger partial charge in [-0.3, -0.25) is 14.9 Å². The number of hydrogen-bond donors (Lipinski definition) is 2. The summed E-state index contributed by atoms with van der Waals surface area (Å²) >= 11 is 0. The number of hydrogen-bond acceptors (Lipinski definition) is 5. The Morgan fingerprint density at radius 1 is 1.48 bits per heavy atom. The molecule has 2 N–H and O–H groups in total. The van der Waals surface area contributed by atoms with Crippen molar-refractivity contribution < 1.29 is 24.4 Å². The molecule has 1 aliphatic rings. The molecule has 0 saturated carbocycles. The van der Waals surface area contributed by atoms with Gasteiger partial charge in [-0.1, -0.05) is 0 Å². The molecule has 1 aromatic carbocycles. The predicted octanol–water partition coefficient (Wildman–Crippen LogP) is 1.93. The van der Waals surface area contributed by atoms with Crippen molar-refractivity contribution >= 4 is 23.4 Å². The zero-order chi connectivity index (χ0) is 17.2. The molecule has 1 aliphatic heterocycles. The Morgan fingerprint density at radius 3 is 2.70 bits per heavy atom. The molecule has 1 saturated heterocycles. The number of nitro groups is 1. The van der Waals surface area contributed by atoms with Crippen LogP contribution in [0.3, 0.4) is 0 Å². The summed E-state index contributed by atoms with van der Waals surface area (Å²) in [6.45, 7) is 1.99. The first-order valence-electron chi connectivity index (χ1n) is 6.88. The smallest absolute Gasteiger partial charge is 0.321 e. The van der Waals surface area contributed by atoms with E-state index in [9.17, 15) is 19.7 Å². The number of aliphatic carboxylic acids is 1. The fourth-order valence-electron chi connectivity index (χ4n) is 2.42. The van der Waals surface area contributed by atoms with Crippen LogP contribution in [-0.2, 0) is 4.79 Å². The van der Waals surface area contributed by atoms with Gasteiger partial charge in [0.05, 0.1) is 17.4 Å². The molecule has 9 nitrogen and oxygen atoms in total. The van der Waals surface area contributed by atoms with E-state index in [0.717, 1.165) is 0 Å². The zero-order valence-corrected chi connectivity index (χ0v) is 12.7. The van der Waals surface area contributed by atoms with Gasteiger partial charge < -0.3 is 20.1 Å². The fourth-order valence-corrected chi connectivity index (χ4v) is 2.42. The van der Waals surface area contributed by atoms with Crippen molar-refractivity contribution in [2.75, 3.05) is 25.5 Å². The van der Waals surface area contributed by atoms with Crippen LogP contribution in [0.1, 0.15) is 13.3 Å². The van der Waals surface area contributed by atoms with Gasteiger partial charge in [0, 0.05) is 24.8 Å². The van der Waals surface area contributed by atoms with Crippen molar-refractivity contribution in [1.29, 1.82) is 0 Å². The molecule has 0 bridgehead atoms. The number of rotatable bonds is 4. The quantitative estimate of drug-likeness (QED) is 0.645. The van der Waals surface area contributed by atoms with Crippen molar-refractivity contribution in [3.05, 3.63) is 28.3 Å². The summed E-state index contributed by atoms with van der Waals surface area (Å²) in [6, 6.07) is 3.58. The Hall–Kier alpha value is -2.84. The predicted molar refractivity (Wildman–Crippen MR) is 80.6 cm³/mol. The number of nitrogens with one attached hydrogen (secondary N) is 1. The number of urea groups is 1. The highest BCUT2D eigenvalue weighted by molar-refractivity contribution is 5.91. The maximum Gasteiger partial charge on any atom is 0.321 e. The molecule has 0 aromatic heterocycles. The number of amides is 2. The van der Waals surface area contributed by atoms with E-state index in [1.807, 2.05) is 0 Å². The average molecular weight is 323 g/mol. The van der Waals surface area contributed by atoms with Crippen LogP contribution in [-0.4, -0.2) is 47.1 Å². The Bertz CT molecular complexity index is 662. The number of ether oxygens (including phenoxy) is 1. The molecule has 23 heavy (non-hydrogen) atoms. The van der Waals surface area contributed by atoms with E-state index in [4.69, 9.17) is 9.84 Å². The van der Waals surface area contributed by atoms with Gasteiger partial charge in [-0.15, -0.1) is 0 Å². The second-order valence-corrected chi connectivity index (χ2v) is 5.61. The minimum Gasteiger partial charge on any atom is -0.490 e. The summed E-state index contributed by atoms with van der Waals surface area (Å²) in [5.74, 6) is -0.861. The van der Waals surface area contributed by atoms with Crippen LogP contribution in [0.4, 0.5) is 16.2 Å². The fraction of sp³-hybridized carbons (Fsp3) is 0.429. The number of carbonyl (C=O) groups excluding carboxylic acids is 1. The summed E-state index contributed by atoms with van der Waals surface area (Å²) in [5.41, 5.74) is -0.989. The van der Waals surface area contributed by atoms with Crippen molar-refractivity contribution in [2.24, 2.45) is 5.41 Å². The third-order valence-electron chi connectivity index (χ3n) is 3.90. The molecular formula is C14H17N3O6. The van der Waals surface area contributed by atoms with E-state index in [-0.39, 0.29) is 23.7 Å². The highest BCUT2D eigenvalue weighted by atomic mass is 16.6. The van der Waals surface area contributed by atoms with Crippen molar-refractivity contribution in [2.45, 2.75) is 13.3 Å². The number of carbonyl (C=O) groups is 2. The second kappa shape index (κ2) is 6.11. The molecule has 124 valence electrons. The van der Waals surface area contributed by atoms with E-state index in [0.29, 0.717) is 13.0 Å². The summed E-state index contributed by atoms with van der Waals surface area (Å²) in [7, 11) is 1.32. The van der Waals surface area contributed by atoms with Gasteiger partial charge in [-0.25, -0.2) is 4.79 Å². The van der Waals surface area contributed by atoms with Crippen molar-refractivity contribution in [3.8, 4) is 5.75 Å². The van der Waals surface area contributed by atoms with Gasteiger partial charge in [0.1, 0.15) is 0 Å². The molecule has 0 spiro atoms. The summed E-state index contributed by atoms with van der Waals surface area (Å²) in [4.78, 5) is 35.1. The summed E-state index contributed by atoms with van der Waals surface area (Å²) in [6.07, 6.45) is 0.360. The molecule has 1 fully saturated rings. The van der Waals surface area contributed by atoms with Crippen LogP contribution >= 0.6 is 0 Å². The largest absolute Gasteiger partial charge is 0.490 e. The van der Waals surface area contributed by atoms with E-state index >= 15 is 0 Å². The van der Waals surface area contributed by atoms with Gasteiger partial charge in [0.25, 0.3) is 0 Å². The van der Waals surface area contributed by atoms with Crippen molar-refractivity contribution in [1.82, 2.24) is 4.90 Å². The van der Waals surface area contributed by atoms with Crippen molar-refractivity contribution in [3.63, 3.8) is 0 Å². The van der Waals surface area contributed by atoms with Gasteiger partial charge in [-0.05, 0) is 25.5 Å². The number of carboxylic acid groups (broad SMARTS) is 1. The normalized spacial score (nSPS) is 20.2. The minimum atomic E-state index is -0.969. The Kier molecular flexibility index (Phi) is 4.39. The van der Waals surface area contributed by atoms with Crippen LogP contribution in [0.2, 0.25) is 0 Å². The van der Waals surface area contributed by atoms with Gasteiger partial charge in [0.2, 0.25) is 0 Å². The Balaban J connectivity index is 2.11. The summed E-state index contributed by atoms with van der Waals surface area (Å²) in [5, 5.41) is 22.7. The number of likely N-dealkylation sites (tertiary alicyclic amines) is 1. The molecule has 1 heterocycles. The standard InChI is InChI=1S/C14H17N3O6/c1-14(12(18)19)5-6-16(8-14)13(20)15-9-3-4-11(23-2)10(7-9)17(21)22/h3-4,7H,5-6,8H2,1-2H3,(H,15,20)(H,18,19). The van der Waals surface area contributed by atoms with Crippen LogP contribution in [0, 0.1) is 15.5 Å². The minimum absolute atomic E-state index is 0.0897. The maximum atomic E-state index is 12.2. The lowest BCUT2D eigenvalue weighted by Gasteiger charge is -2.20. The lowest BCUT2D eigenvalue weighted by Crippen LogP contribution is -2.37. The first-order chi connectivity index (χ1) is 10.8. The first-order valence-corrected chi connectivity index (χ1v) is 6.88. The van der Waals surface area contributed by atoms with Crippen LogP contribution in [0.5, 0.6) is 5.75 Å². The van der Waals surface area contributed by atoms with Gasteiger partial charge in [-0.2, -0.15) is 0 Å². The molecule has 1 aromatic rings. The molecule has 0 radical (unpaired) electrons. The lowest BCUT2D eigenvalue weighted by molar-refractivity contribution is -0.385. The van der Waals surface area contributed by atoms with E-state index in [1.165, 1.54) is 30.2 Å². The highest BCUT2D eigenvalue weighted by Crippen LogP contribution is 2.32. The van der Waals surface area contributed by atoms with Gasteiger partial charge >= 0.3 is 17.7 Å². The van der Waals surface area contributed by atoms with E-state index < -0.39 is 22.3 Å². The number of nitro benzene ring substituents is 1.